The van der Waals surface area contributed by atoms with Gasteiger partial charge < -0.3 is 21.3 Å². The summed E-state index contributed by atoms with van der Waals surface area (Å²) in [4.78, 5) is 0. The third-order valence-electron chi connectivity index (χ3n) is 1.99. The molecule has 14 heavy (non-hydrogen) atoms. The standard InChI is InChI=1S/C10H16N2O2/c1-7-3-2-4-9(10(7)12)14-6-8(13)5-11/h2-4,8,13H,5-6,11-12H2,1H3. The number of benzene rings is 1. The molecular formula is C10H16N2O2. The molecule has 0 aromatic heterocycles. The molecule has 0 heterocycles. The maximum atomic E-state index is 9.19. The lowest BCUT2D eigenvalue weighted by Gasteiger charge is -2.12. The van der Waals surface area contributed by atoms with Crippen LogP contribution < -0.4 is 16.2 Å². The molecule has 0 aliphatic rings. The van der Waals surface area contributed by atoms with Gasteiger partial charge in [0.25, 0.3) is 0 Å². The predicted octanol–water partition coefficient (Wildman–Crippen LogP) is 0.276. The Labute approximate surface area is 83.5 Å². The zero-order valence-electron chi connectivity index (χ0n) is 8.23. The number of rotatable bonds is 4. The van der Waals surface area contributed by atoms with Crippen LogP contribution in [0.1, 0.15) is 5.56 Å². The Morgan fingerprint density at radius 2 is 2.21 bits per heavy atom. The van der Waals surface area contributed by atoms with Gasteiger partial charge in [-0.1, -0.05) is 12.1 Å². The van der Waals surface area contributed by atoms with Crippen LogP contribution in [0.2, 0.25) is 0 Å². The highest BCUT2D eigenvalue weighted by Crippen LogP contribution is 2.24. The van der Waals surface area contributed by atoms with Crippen molar-refractivity contribution in [2.75, 3.05) is 18.9 Å². The fraction of sp³-hybridized carbons (Fsp3) is 0.400. The Hall–Kier alpha value is -1.26. The van der Waals surface area contributed by atoms with Crippen LogP contribution in [0.3, 0.4) is 0 Å². The van der Waals surface area contributed by atoms with Gasteiger partial charge in [-0.2, -0.15) is 0 Å². The van der Waals surface area contributed by atoms with Crippen molar-refractivity contribution in [3.63, 3.8) is 0 Å². The number of aryl methyl sites for hydroxylation is 1. The maximum absolute atomic E-state index is 9.19. The van der Waals surface area contributed by atoms with E-state index in [2.05, 4.69) is 0 Å². The minimum Gasteiger partial charge on any atom is -0.489 e. The zero-order chi connectivity index (χ0) is 10.6. The van der Waals surface area contributed by atoms with E-state index in [0.717, 1.165) is 5.56 Å². The van der Waals surface area contributed by atoms with Crippen molar-refractivity contribution in [2.45, 2.75) is 13.0 Å². The monoisotopic (exact) mass is 196 g/mol. The first kappa shape index (κ1) is 10.8. The van der Waals surface area contributed by atoms with Crippen LogP contribution in [-0.2, 0) is 0 Å². The van der Waals surface area contributed by atoms with Crippen molar-refractivity contribution in [1.29, 1.82) is 0 Å². The van der Waals surface area contributed by atoms with E-state index in [9.17, 15) is 5.11 Å². The van der Waals surface area contributed by atoms with Crippen molar-refractivity contribution in [1.82, 2.24) is 0 Å². The first-order valence-electron chi connectivity index (χ1n) is 4.51. The van der Waals surface area contributed by atoms with Crippen LogP contribution in [0, 0.1) is 6.92 Å². The van der Waals surface area contributed by atoms with E-state index in [0.29, 0.717) is 11.4 Å². The van der Waals surface area contributed by atoms with E-state index in [-0.39, 0.29) is 13.2 Å². The summed E-state index contributed by atoms with van der Waals surface area (Å²) in [5, 5.41) is 9.19. The lowest BCUT2D eigenvalue weighted by molar-refractivity contribution is 0.114. The highest BCUT2D eigenvalue weighted by atomic mass is 16.5. The summed E-state index contributed by atoms with van der Waals surface area (Å²) in [7, 11) is 0. The molecule has 1 rings (SSSR count). The summed E-state index contributed by atoms with van der Waals surface area (Å²) < 4.78 is 5.32. The third-order valence-corrected chi connectivity index (χ3v) is 1.99. The fourth-order valence-electron chi connectivity index (χ4n) is 1.03. The number of nitrogens with two attached hydrogens (primary N) is 2. The van der Waals surface area contributed by atoms with Crippen molar-refractivity contribution in [2.24, 2.45) is 5.73 Å². The lowest BCUT2D eigenvalue weighted by atomic mass is 10.2. The highest BCUT2D eigenvalue weighted by molar-refractivity contribution is 5.57. The van der Waals surface area contributed by atoms with Crippen LogP contribution in [-0.4, -0.2) is 24.4 Å². The summed E-state index contributed by atoms with van der Waals surface area (Å²) in [6, 6.07) is 5.53. The molecule has 0 amide bonds. The van der Waals surface area contributed by atoms with Gasteiger partial charge in [0.2, 0.25) is 0 Å². The zero-order valence-corrected chi connectivity index (χ0v) is 8.23. The van der Waals surface area contributed by atoms with E-state index in [1.807, 2.05) is 19.1 Å². The molecule has 0 aliphatic carbocycles. The molecule has 0 fully saturated rings. The molecule has 0 bridgehead atoms. The number of aliphatic hydroxyl groups is 1. The van der Waals surface area contributed by atoms with Gasteiger partial charge in [0.05, 0.1) is 5.69 Å². The van der Waals surface area contributed by atoms with Gasteiger partial charge in [0, 0.05) is 6.54 Å². The molecule has 1 aromatic rings. The van der Waals surface area contributed by atoms with E-state index in [1.54, 1.807) is 6.07 Å². The molecule has 4 heteroatoms. The van der Waals surface area contributed by atoms with E-state index in [1.165, 1.54) is 0 Å². The predicted molar refractivity (Wildman–Crippen MR) is 56.1 cm³/mol. The smallest absolute Gasteiger partial charge is 0.142 e. The van der Waals surface area contributed by atoms with Crippen molar-refractivity contribution >= 4 is 5.69 Å². The van der Waals surface area contributed by atoms with E-state index in [4.69, 9.17) is 16.2 Å². The molecule has 0 saturated carbocycles. The van der Waals surface area contributed by atoms with Gasteiger partial charge in [-0.15, -0.1) is 0 Å². The molecule has 1 unspecified atom stereocenters. The number of aliphatic hydroxyl groups excluding tert-OH is 1. The molecule has 0 saturated heterocycles. The average Bonchev–Trinajstić information content (AvgIpc) is 2.20. The Kier molecular flexibility index (Phi) is 3.73. The molecule has 0 aliphatic heterocycles. The largest absolute Gasteiger partial charge is 0.489 e. The number of hydrogen-bond acceptors (Lipinski definition) is 4. The maximum Gasteiger partial charge on any atom is 0.142 e. The van der Waals surface area contributed by atoms with Crippen LogP contribution in [0.15, 0.2) is 18.2 Å². The highest BCUT2D eigenvalue weighted by Gasteiger charge is 2.05. The second kappa shape index (κ2) is 4.83. The number of anilines is 1. The molecule has 1 atom stereocenters. The third kappa shape index (κ3) is 2.61. The molecule has 1 aromatic carbocycles. The fourth-order valence-corrected chi connectivity index (χ4v) is 1.03. The quantitative estimate of drug-likeness (QED) is 0.604. The molecular weight excluding hydrogens is 180 g/mol. The topological polar surface area (TPSA) is 81.5 Å². The summed E-state index contributed by atoms with van der Waals surface area (Å²) in [6.07, 6.45) is -0.644. The average molecular weight is 196 g/mol. The van der Waals surface area contributed by atoms with Crippen molar-refractivity contribution < 1.29 is 9.84 Å². The Balaban J connectivity index is 2.63. The number of nitrogen functional groups attached to an aromatic ring is 1. The molecule has 5 N–H and O–H groups in total. The van der Waals surface area contributed by atoms with E-state index >= 15 is 0 Å². The lowest BCUT2D eigenvalue weighted by Crippen LogP contribution is -2.26. The van der Waals surface area contributed by atoms with Crippen LogP contribution >= 0.6 is 0 Å². The second-order valence-electron chi connectivity index (χ2n) is 3.19. The first-order valence-corrected chi connectivity index (χ1v) is 4.51. The van der Waals surface area contributed by atoms with Gasteiger partial charge >= 0.3 is 0 Å². The van der Waals surface area contributed by atoms with Crippen LogP contribution in [0.4, 0.5) is 5.69 Å². The minimum atomic E-state index is -0.644. The SMILES string of the molecule is Cc1cccc(OCC(O)CN)c1N. The number of ether oxygens (including phenoxy) is 1. The van der Waals surface area contributed by atoms with Gasteiger partial charge in [0.1, 0.15) is 18.5 Å². The van der Waals surface area contributed by atoms with Gasteiger partial charge in [-0.25, -0.2) is 0 Å². The van der Waals surface area contributed by atoms with E-state index < -0.39 is 6.10 Å². The van der Waals surface area contributed by atoms with Crippen LogP contribution in [0.25, 0.3) is 0 Å². The Morgan fingerprint density at radius 3 is 2.86 bits per heavy atom. The minimum absolute atomic E-state index is 0.171. The molecule has 0 spiro atoms. The number of hydrogen-bond donors (Lipinski definition) is 3. The van der Waals surface area contributed by atoms with Crippen molar-refractivity contribution in [3.8, 4) is 5.75 Å². The summed E-state index contributed by atoms with van der Waals surface area (Å²) in [5.74, 6) is 0.595. The van der Waals surface area contributed by atoms with Gasteiger partial charge in [-0.3, -0.25) is 0 Å². The summed E-state index contributed by atoms with van der Waals surface area (Å²) in [6.45, 7) is 2.26. The molecule has 78 valence electrons. The normalized spacial score (nSPS) is 12.5. The Bertz CT molecular complexity index is 302. The number of para-hydroxylation sites is 1. The second-order valence-corrected chi connectivity index (χ2v) is 3.19. The first-order chi connectivity index (χ1) is 6.65. The summed E-state index contributed by atoms with van der Waals surface area (Å²) in [5.41, 5.74) is 12.6. The van der Waals surface area contributed by atoms with Gasteiger partial charge in [-0.05, 0) is 18.6 Å². The molecule has 0 radical (unpaired) electrons. The Morgan fingerprint density at radius 1 is 1.50 bits per heavy atom. The van der Waals surface area contributed by atoms with Gasteiger partial charge in [0.15, 0.2) is 0 Å². The summed E-state index contributed by atoms with van der Waals surface area (Å²) >= 11 is 0. The van der Waals surface area contributed by atoms with Crippen LogP contribution in [0.5, 0.6) is 5.75 Å². The molecule has 4 nitrogen and oxygen atoms in total. The van der Waals surface area contributed by atoms with Crippen molar-refractivity contribution in [3.05, 3.63) is 23.8 Å².